The summed E-state index contributed by atoms with van der Waals surface area (Å²) in [7, 11) is 0. The highest BCUT2D eigenvalue weighted by Crippen LogP contribution is 2.29. The van der Waals surface area contributed by atoms with E-state index in [4.69, 9.17) is 24.8 Å². The lowest BCUT2D eigenvalue weighted by atomic mass is 9.96. The minimum atomic E-state index is -1.74. The van der Waals surface area contributed by atoms with Crippen molar-refractivity contribution in [2.75, 3.05) is 13.2 Å². The minimum Gasteiger partial charge on any atom is -0.394 e. The van der Waals surface area contributed by atoms with Crippen LogP contribution in [0.5, 0.6) is 0 Å². The van der Waals surface area contributed by atoms with Crippen LogP contribution in [0.3, 0.4) is 0 Å². The van der Waals surface area contributed by atoms with Crippen LogP contribution in [0.15, 0.2) is 5.11 Å². The average molecular weight is 367 g/mol. The summed E-state index contributed by atoms with van der Waals surface area (Å²) in [6.45, 7) is -1.37. The first-order valence-corrected chi connectivity index (χ1v) is 7.48. The van der Waals surface area contributed by atoms with E-state index >= 15 is 0 Å². The third kappa shape index (κ3) is 4.02. The highest BCUT2D eigenvalue weighted by molar-refractivity contribution is 4.95. The Morgan fingerprint density at radius 1 is 0.840 bits per heavy atom. The number of nitrogens with zero attached hydrogens (tertiary/aromatic N) is 3. The van der Waals surface area contributed by atoms with E-state index in [1.54, 1.807) is 0 Å². The zero-order valence-electron chi connectivity index (χ0n) is 12.9. The van der Waals surface area contributed by atoms with Crippen molar-refractivity contribution in [2.24, 2.45) is 5.11 Å². The van der Waals surface area contributed by atoms with Gasteiger partial charge < -0.3 is 50.0 Å². The summed E-state index contributed by atoms with van der Waals surface area (Å²) >= 11 is 0. The van der Waals surface area contributed by atoms with Gasteiger partial charge in [0.15, 0.2) is 12.5 Å². The molecule has 144 valence electrons. The number of azide groups is 1. The summed E-state index contributed by atoms with van der Waals surface area (Å²) < 4.78 is 15.6. The molecule has 0 amide bonds. The Kier molecular flexibility index (Phi) is 6.90. The zero-order valence-corrected chi connectivity index (χ0v) is 12.9. The molecule has 0 radical (unpaired) electrons. The second-order valence-electron chi connectivity index (χ2n) is 5.73. The molecule has 0 saturated carbocycles. The summed E-state index contributed by atoms with van der Waals surface area (Å²) in [4.78, 5) is 2.46. The van der Waals surface area contributed by atoms with E-state index in [9.17, 15) is 30.6 Å². The van der Waals surface area contributed by atoms with Gasteiger partial charge in [0.25, 0.3) is 0 Å². The Labute approximate surface area is 141 Å². The minimum absolute atomic E-state index is 0.681. The number of aliphatic hydroxyl groups excluding tert-OH is 7. The predicted molar refractivity (Wildman–Crippen MR) is 75.5 cm³/mol. The normalized spacial score (nSPS) is 48.0. The molecule has 25 heavy (non-hydrogen) atoms. The number of rotatable bonds is 5. The molecule has 10 atom stereocenters. The van der Waals surface area contributed by atoms with E-state index in [0.717, 1.165) is 0 Å². The predicted octanol–water partition coefficient (Wildman–Crippen LogP) is -4.08. The largest absolute Gasteiger partial charge is 0.394 e. The molecule has 2 aliphatic heterocycles. The molecule has 2 fully saturated rings. The summed E-state index contributed by atoms with van der Waals surface area (Å²) in [5.74, 6) is 0. The van der Waals surface area contributed by atoms with Gasteiger partial charge in [-0.2, -0.15) is 0 Å². The van der Waals surface area contributed by atoms with Crippen molar-refractivity contribution < 1.29 is 50.0 Å². The van der Waals surface area contributed by atoms with Crippen LogP contribution >= 0.6 is 0 Å². The quantitative estimate of drug-likeness (QED) is 0.141. The Bertz CT molecular complexity index is 488. The van der Waals surface area contributed by atoms with E-state index in [-0.39, 0.29) is 0 Å². The molecular formula is C12H21N3O10. The van der Waals surface area contributed by atoms with Gasteiger partial charge in [-0.1, -0.05) is 5.11 Å². The molecule has 0 spiro atoms. The van der Waals surface area contributed by atoms with E-state index in [1.165, 1.54) is 0 Å². The number of hydrogen-bond acceptors (Lipinski definition) is 11. The Balaban J connectivity index is 2.15. The fourth-order valence-corrected chi connectivity index (χ4v) is 2.72. The number of aliphatic hydroxyl groups is 7. The highest BCUT2D eigenvalue weighted by atomic mass is 16.7. The van der Waals surface area contributed by atoms with Crippen LogP contribution in [0.2, 0.25) is 0 Å². The Hall–Kier alpha value is -1.09. The topological polar surface area (TPSA) is 218 Å². The molecule has 0 aromatic heterocycles. The van der Waals surface area contributed by atoms with E-state index in [2.05, 4.69) is 10.0 Å². The third-order valence-corrected chi connectivity index (χ3v) is 4.14. The van der Waals surface area contributed by atoms with Crippen molar-refractivity contribution in [3.05, 3.63) is 10.4 Å². The van der Waals surface area contributed by atoms with Gasteiger partial charge in [0, 0.05) is 4.91 Å². The van der Waals surface area contributed by atoms with Crippen molar-refractivity contribution in [3.8, 4) is 0 Å². The lowest BCUT2D eigenvalue weighted by Crippen LogP contribution is -2.64. The van der Waals surface area contributed by atoms with Gasteiger partial charge in [-0.05, 0) is 5.53 Å². The molecule has 13 nitrogen and oxygen atoms in total. The van der Waals surface area contributed by atoms with Crippen molar-refractivity contribution in [1.82, 2.24) is 0 Å². The maximum atomic E-state index is 10.1. The second kappa shape index (κ2) is 8.53. The zero-order chi connectivity index (χ0) is 18.7. The molecule has 0 aromatic rings. The third-order valence-electron chi connectivity index (χ3n) is 4.14. The molecule has 2 aliphatic rings. The van der Waals surface area contributed by atoms with Crippen molar-refractivity contribution in [3.63, 3.8) is 0 Å². The van der Waals surface area contributed by atoms with Crippen molar-refractivity contribution in [1.29, 1.82) is 0 Å². The van der Waals surface area contributed by atoms with Gasteiger partial charge in [-0.25, -0.2) is 0 Å². The lowest BCUT2D eigenvalue weighted by Gasteiger charge is -2.45. The standard InChI is InChI=1S/C12H21N3O10/c13-15-14-11-8(21)7(20)10(4(2-17)23-11)25-12-9(22)6(19)5(18)3(1-16)24-12/h3-12,16-22H,1-2H2/t3-,4-,5+,6+,7-,8-,9-,10-,11?,12+/m1/s1. The first-order valence-electron chi connectivity index (χ1n) is 7.48. The van der Waals surface area contributed by atoms with E-state index < -0.39 is 74.6 Å². The van der Waals surface area contributed by atoms with Crippen LogP contribution < -0.4 is 0 Å². The Morgan fingerprint density at radius 2 is 1.48 bits per heavy atom. The van der Waals surface area contributed by atoms with Crippen LogP contribution in [-0.4, -0.2) is 110 Å². The van der Waals surface area contributed by atoms with E-state index in [0.29, 0.717) is 0 Å². The van der Waals surface area contributed by atoms with E-state index in [1.807, 2.05) is 0 Å². The van der Waals surface area contributed by atoms with Crippen LogP contribution in [0.4, 0.5) is 0 Å². The molecule has 0 aliphatic carbocycles. The summed E-state index contributed by atoms with van der Waals surface area (Å²) in [5, 5.41) is 71.1. The van der Waals surface area contributed by atoms with Crippen LogP contribution in [-0.2, 0) is 14.2 Å². The maximum absolute atomic E-state index is 10.1. The van der Waals surface area contributed by atoms with Gasteiger partial charge in [-0.3, -0.25) is 0 Å². The molecule has 1 unspecified atom stereocenters. The lowest BCUT2D eigenvalue weighted by molar-refractivity contribution is -0.341. The molecule has 13 heteroatoms. The fourth-order valence-electron chi connectivity index (χ4n) is 2.72. The second-order valence-corrected chi connectivity index (χ2v) is 5.73. The molecule has 2 heterocycles. The number of ether oxygens (including phenoxy) is 3. The van der Waals surface area contributed by atoms with Gasteiger partial charge in [-0.15, -0.1) is 0 Å². The Morgan fingerprint density at radius 3 is 2.04 bits per heavy atom. The highest BCUT2D eigenvalue weighted by Gasteiger charge is 2.50. The van der Waals surface area contributed by atoms with Crippen molar-refractivity contribution >= 4 is 0 Å². The fraction of sp³-hybridized carbons (Fsp3) is 1.00. The van der Waals surface area contributed by atoms with Crippen molar-refractivity contribution in [2.45, 2.75) is 61.3 Å². The van der Waals surface area contributed by atoms with Gasteiger partial charge in [0.05, 0.1) is 13.2 Å². The molecule has 7 N–H and O–H groups in total. The van der Waals surface area contributed by atoms with Crippen LogP contribution in [0.25, 0.3) is 10.4 Å². The average Bonchev–Trinajstić information content (AvgIpc) is 2.61. The molecular weight excluding hydrogens is 346 g/mol. The summed E-state index contributed by atoms with van der Waals surface area (Å²) in [5.41, 5.74) is 8.42. The maximum Gasteiger partial charge on any atom is 0.187 e. The smallest absolute Gasteiger partial charge is 0.187 e. The molecule has 0 aromatic carbocycles. The SMILES string of the molecule is [N-]=[N+]=NC1O[C@H](CO)[C@@H](O[C@@H]2O[C@H](CO)[C@H](O)[C@H](O)[C@H]2O)[C@H](O)[C@H]1O. The van der Waals surface area contributed by atoms with Gasteiger partial charge in [0.2, 0.25) is 0 Å². The molecule has 2 saturated heterocycles. The summed E-state index contributed by atoms with van der Waals surface area (Å²) in [6.07, 6.45) is -15.4. The van der Waals surface area contributed by atoms with Crippen LogP contribution in [0.1, 0.15) is 0 Å². The monoisotopic (exact) mass is 367 g/mol. The van der Waals surface area contributed by atoms with Gasteiger partial charge >= 0.3 is 0 Å². The summed E-state index contributed by atoms with van der Waals surface area (Å²) in [6, 6.07) is 0. The first-order chi connectivity index (χ1) is 11.8. The number of hydrogen-bond donors (Lipinski definition) is 7. The van der Waals surface area contributed by atoms with Gasteiger partial charge in [0.1, 0.15) is 48.8 Å². The van der Waals surface area contributed by atoms with Crippen LogP contribution in [0, 0.1) is 0 Å². The molecule has 0 bridgehead atoms. The first kappa shape index (κ1) is 20.2. The molecule has 2 rings (SSSR count).